The molecule has 0 bridgehead atoms. The van der Waals surface area contributed by atoms with E-state index in [9.17, 15) is 21.6 Å². The SMILES string of the molecule is CCN(CCC(N)=NO)S(=O)(=O)c1c(F)cc(F)cc1F. The molecule has 0 heterocycles. The van der Waals surface area contributed by atoms with Crippen molar-refractivity contribution in [3.8, 4) is 0 Å². The van der Waals surface area contributed by atoms with E-state index in [0.29, 0.717) is 0 Å². The monoisotopic (exact) mass is 325 g/mol. The summed E-state index contributed by atoms with van der Waals surface area (Å²) < 4.78 is 65.2. The molecule has 3 N–H and O–H groups in total. The molecule has 6 nitrogen and oxygen atoms in total. The lowest BCUT2D eigenvalue weighted by Gasteiger charge is -2.20. The summed E-state index contributed by atoms with van der Waals surface area (Å²) in [7, 11) is -4.51. The maximum absolute atomic E-state index is 13.6. The lowest BCUT2D eigenvalue weighted by atomic mass is 10.3. The van der Waals surface area contributed by atoms with Crippen LogP contribution < -0.4 is 5.73 Å². The molecule has 0 unspecified atom stereocenters. The summed E-state index contributed by atoms with van der Waals surface area (Å²) in [5.41, 5.74) is 5.22. The van der Waals surface area contributed by atoms with Gasteiger partial charge in [0, 0.05) is 31.6 Å². The zero-order valence-electron chi connectivity index (χ0n) is 11.1. The number of oxime groups is 1. The number of hydrogen-bond acceptors (Lipinski definition) is 4. The number of hydrogen-bond donors (Lipinski definition) is 2. The van der Waals surface area contributed by atoms with Crippen LogP contribution in [0.15, 0.2) is 22.2 Å². The van der Waals surface area contributed by atoms with E-state index in [1.165, 1.54) is 6.92 Å². The fourth-order valence-electron chi connectivity index (χ4n) is 1.64. The molecule has 1 aromatic carbocycles. The molecule has 0 aliphatic heterocycles. The van der Waals surface area contributed by atoms with Crippen LogP contribution in [-0.4, -0.2) is 36.9 Å². The molecule has 0 aliphatic rings. The van der Waals surface area contributed by atoms with Gasteiger partial charge in [0.15, 0.2) is 4.90 Å². The number of amidine groups is 1. The molecule has 0 atom stereocenters. The Kier molecular flexibility index (Phi) is 5.55. The van der Waals surface area contributed by atoms with Crippen LogP contribution in [0.25, 0.3) is 0 Å². The molecular formula is C11H14F3N3O3S. The molecule has 0 aliphatic carbocycles. The van der Waals surface area contributed by atoms with E-state index < -0.39 is 32.4 Å². The molecule has 21 heavy (non-hydrogen) atoms. The van der Waals surface area contributed by atoms with Crippen molar-refractivity contribution < 1.29 is 26.8 Å². The third-order valence-corrected chi connectivity index (χ3v) is 4.69. The van der Waals surface area contributed by atoms with E-state index in [2.05, 4.69) is 5.16 Å². The molecule has 0 aromatic heterocycles. The Balaban J connectivity index is 3.19. The van der Waals surface area contributed by atoms with Crippen molar-refractivity contribution in [2.75, 3.05) is 13.1 Å². The van der Waals surface area contributed by atoms with E-state index >= 15 is 0 Å². The highest BCUT2D eigenvalue weighted by Gasteiger charge is 2.30. The van der Waals surface area contributed by atoms with Gasteiger partial charge in [-0.15, -0.1) is 0 Å². The van der Waals surface area contributed by atoms with E-state index in [1.807, 2.05) is 0 Å². The van der Waals surface area contributed by atoms with Crippen molar-refractivity contribution in [1.82, 2.24) is 4.31 Å². The molecule has 10 heteroatoms. The number of nitrogens with two attached hydrogens (primary N) is 1. The van der Waals surface area contributed by atoms with Gasteiger partial charge in [0.25, 0.3) is 0 Å². The lowest BCUT2D eigenvalue weighted by Crippen LogP contribution is -2.35. The van der Waals surface area contributed by atoms with Gasteiger partial charge in [0.2, 0.25) is 10.0 Å². The number of nitrogens with zero attached hydrogens (tertiary/aromatic N) is 2. The van der Waals surface area contributed by atoms with E-state index in [-0.39, 0.29) is 37.5 Å². The molecule has 0 saturated carbocycles. The molecule has 0 fully saturated rings. The molecule has 1 aromatic rings. The Morgan fingerprint density at radius 3 is 2.29 bits per heavy atom. The fraction of sp³-hybridized carbons (Fsp3) is 0.364. The van der Waals surface area contributed by atoms with Gasteiger partial charge in [-0.05, 0) is 0 Å². The topological polar surface area (TPSA) is 96.0 Å². The van der Waals surface area contributed by atoms with Crippen molar-refractivity contribution in [3.63, 3.8) is 0 Å². The van der Waals surface area contributed by atoms with Crippen LogP contribution in [0.3, 0.4) is 0 Å². The molecule has 0 saturated heterocycles. The third-order valence-electron chi connectivity index (χ3n) is 2.66. The van der Waals surface area contributed by atoms with Crippen molar-refractivity contribution in [3.05, 3.63) is 29.6 Å². The highest BCUT2D eigenvalue weighted by atomic mass is 32.2. The van der Waals surface area contributed by atoms with Gasteiger partial charge in [0.1, 0.15) is 23.3 Å². The van der Waals surface area contributed by atoms with Crippen LogP contribution in [-0.2, 0) is 10.0 Å². The fourth-order valence-corrected chi connectivity index (χ4v) is 3.18. The number of benzene rings is 1. The van der Waals surface area contributed by atoms with Gasteiger partial charge in [0.05, 0.1) is 0 Å². The second kappa shape index (κ2) is 6.76. The van der Waals surface area contributed by atoms with Crippen molar-refractivity contribution in [2.24, 2.45) is 10.9 Å². The van der Waals surface area contributed by atoms with E-state index in [0.717, 1.165) is 4.31 Å². The van der Waals surface area contributed by atoms with Crippen molar-refractivity contribution in [2.45, 2.75) is 18.2 Å². The van der Waals surface area contributed by atoms with Gasteiger partial charge >= 0.3 is 0 Å². The minimum atomic E-state index is -4.51. The summed E-state index contributed by atoms with van der Waals surface area (Å²) in [6.45, 7) is 1.10. The summed E-state index contributed by atoms with van der Waals surface area (Å²) in [5.74, 6) is -4.49. The lowest BCUT2D eigenvalue weighted by molar-refractivity contribution is 0.315. The summed E-state index contributed by atoms with van der Waals surface area (Å²) in [5, 5.41) is 11.1. The van der Waals surface area contributed by atoms with Crippen LogP contribution in [0.5, 0.6) is 0 Å². The van der Waals surface area contributed by atoms with E-state index in [1.54, 1.807) is 0 Å². The zero-order valence-corrected chi connectivity index (χ0v) is 11.9. The van der Waals surface area contributed by atoms with Crippen molar-refractivity contribution >= 4 is 15.9 Å². The molecule has 1 rings (SSSR count). The Hall–Kier alpha value is -1.81. The standard InChI is InChI=1S/C11H14F3N3O3S/c1-2-17(4-3-10(15)16-18)21(19,20)11-8(13)5-7(12)6-9(11)14/h5-6,18H,2-4H2,1H3,(H2,15,16). The summed E-state index contributed by atoms with van der Waals surface area (Å²) in [6.07, 6.45) is -0.131. The first-order chi connectivity index (χ1) is 9.73. The molecule has 0 radical (unpaired) electrons. The quantitative estimate of drug-likeness (QED) is 0.356. The first-order valence-corrected chi connectivity index (χ1v) is 7.29. The Bertz CT molecular complexity index is 626. The minimum Gasteiger partial charge on any atom is -0.409 e. The average Bonchev–Trinajstić information content (AvgIpc) is 2.36. The summed E-state index contributed by atoms with van der Waals surface area (Å²) >= 11 is 0. The zero-order chi connectivity index (χ0) is 16.2. The number of halogens is 3. The normalized spacial score (nSPS) is 12.9. The Labute approximate surface area is 119 Å². The third kappa shape index (κ3) is 3.85. The second-order valence-corrected chi connectivity index (χ2v) is 5.91. The highest BCUT2D eigenvalue weighted by molar-refractivity contribution is 7.89. The van der Waals surface area contributed by atoms with Crippen LogP contribution in [0, 0.1) is 17.5 Å². The van der Waals surface area contributed by atoms with Crippen LogP contribution in [0.1, 0.15) is 13.3 Å². The summed E-state index contributed by atoms with van der Waals surface area (Å²) in [6, 6.07) is 0.570. The first-order valence-electron chi connectivity index (χ1n) is 5.85. The smallest absolute Gasteiger partial charge is 0.248 e. The molecule has 0 amide bonds. The minimum absolute atomic E-state index is 0.0999. The van der Waals surface area contributed by atoms with Gasteiger partial charge < -0.3 is 10.9 Å². The van der Waals surface area contributed by atoms with Gasteiger partial charge in [-0.1, -0.05) is 12.1 Å². The van der Waals surface area contributed by atoms with Crippen LogP contribution in [0.4, 0.5) is 13.2 Å². The van der Waals surface area contributed by atoms with Gasteiger partial charge in [-0.25, -0.2) is 21.6 Å². The maximum Gasteiger partial charge on any atom is 0.248 e. The van der Waals surface area contributed by atoms with Crippen LogP contribution in [0.2, 0.25) is 0 Å². The molecule has 118 valence electrons. The highest BCUT2D eigenvalue weighted by Crippen LogP contribution is 2.23. The van der Waals surface area contributed by atoms with Gasteiger partial charge in [-0.3, -0.25) is 0 Å². The predicted octanol–water partition coefficient (Wildman–Crippen LogP) is 1.25. The summed E-state index contributed by atoms with van der Waals surface area (Å²) in [4.78, 5) is -1.23. The predicted molar refractivity (Wildman–Crippen MR) is 68.8 cm³/mol. The Morgan fingerprint density at radius 2 is 1.86 bits per heavy atom. The number of sulfonamides is 1. The molecule has 0 spiro atoms. The molecular weight excluding hydrogens is 311 g/mol. The van der Waals surface area contributed by atoms with Crippen molar-refractivity contribution in [1.29, 1.82) is 0 Å². The Morgan fingerprint density at radius 1 is 1.33 bits per heavy atom. The second-order valence-electron chi connectivity index (χ2n) is 4.04. The first kappa shape index (κ1) is 17.2. The van der Waals surface area contributed by atoms with Crippen LogP contribution >= 0.6 is 0 Å². The maximum atomic E-state index is 13.6. The number of rotatable bonds is 6. The van der Waals surface area contributed by atoms with E-state index in [4.69, 9.17) is 10.9 Å². The largest absolute Gasteiger partial charge is 0.409 e. The van der Waals surface area contributed by atoms with Gasteiger partial charge in [-0.2, -0.15) is 4.31 Å². The average molecular weight is 325 g/mol.